The molecule has 21 heavy (non-hydrogen) atoms. The van der Waals surface area contributed by atoms with Gasteiger partial charge in [-0.2, -0.15) is 18.3 Å². The molecule has 0 radical (unpaired) electrons. The van der Waals surface area contributed by atoms with Gasteiger partial charge >= 0.3 is 6.18 Å². The lowest BCUT2D eigenvalue weighted by Crippen LogP contribution is -2.13. The second-order valence-corrected chi connectivity index (χ2v) is 4.37. The van der Waals surface area contributed by atoms with Gasteiger partial charge in [-0.1, -0.05) is 18.2 Å². The van der Waals surface area contributed by atoms with Gasteiger partial charge in [0.15, 0.2) is 0 Å². The highest BCUT2D eigenvalue weighted by atomic mass is 35.5. The van der Waals surface area contributed by atoms with Crippen molar-refractivity contribution in [1.29, 1.82) is 0 Å². The summed E-state index contributed by atoms with van der Waals surface area (Å²) in [4.78, 5) is 0. The third-order valence-electron chi connectivity index (χ3n) is 2.83. The number of benzene rings is 1. The van der Waals surface area contributed by atoms with Crippen molar-refractivity contribution in [3.8, 4) is 5.75 Å². The fourth-order valence-corrected chi connectivity index (χ4v) is 1.86. The first kappa shape index (κ1) is 17.3. The zero-order chi connectivity index (χ0) is 14.8. The molecule has 0 amide bonds. The van der Waals surface area contributed by atoms with Gasteiger partial charge in [-0.3, -0.25) is 4.68 Å². The summed E-state index contributed by atoms with van der Waals surface area (Å²) >= 11 is 0. The molecule has 1 heterocycles. The van der Waals surface area contributed by atoms with E-state index in [0.717, 1.165) is 10.7 Å². The fraction of sp³-hybridized carbons (Fsp3) is 0.308. The van der Waals surface area contributed by atoms with Gasteiger partial charge in [0.25, 0.3) is 0 Å². The van der Waals surface area contributed by atoms with E-state index in [4.69, 9.17) is 0 Å². The Bertz CT molecular complexity index is 599. The standard InChI is InChI=1S/C13H14F3N3O.ClH/c1-19-12(13(14,15)16)6-10(18-19)8-17-7-9-4-2-3-5-11(9)20;/h2-6,17,20H,7-8H2,1H3;1H. The summed E-state index contributed by atoms with van der Waals surface area (Å²) in [7, 11) is 1.26. The zero-order valence-electron chi connectivity index (χ0n) is 11.2. The number of hydrogen-bond acceptors (Lipinski definition) is 3. The second kappa shape index (κ2) is 6.82. The average molecular weight is 322 g/mol. The van der Waals surface area contributed by atoms with E-state index in [1.54, 1.807) is 24.3 Å². The number of alkyl halides is 3. The molecule has 4 nitrogen and oxygen atoms in total. The molecule has 1 aromatic heterocycles. The topological polar surface area (TPSA) is 50.1 Å². The van der Waals surface area contributed by atoms with Crippen LogP contribution in [0.15, 0.2) is 30.3 Å². The van der Waals surface area contributed by atoms with Gasteiger partial charge in [-0.05, 0) is 12.1 Å². The summed E-state index contributed by atoms with van der Waals surface area (Å²) in [6.07, 6.45) is -4.41. The predicted molar refractivity (Wildman–Crippen MR) is 74.1 cm³/mol. The van der Waals surface area contributed by atoms with Crippen LogP contribution in [0.4, 0.5) is 13.2 Å². The number of nitrogens with one attached hydrogen (secondary N) is 1. The molecule has 0 saturated carbocycles. The van der Waals surface area contributed by atoms with Crippen LogP contribution in [0.25, 0.3) is 0 Å². The van der Waals surface area contributed by atoms with Crippen molar-refractivity contribution in [2.75, 3.05) is 0 Å². The van der Waals surface area contributed by atoms with Crippen molar-refractivity contribution < 1.29 is 18.3 Å². The van der Waals surface area contributed by atoms with E-state index in [-0.39, 0.29) is 24.7 Å². The van der Waals surface area contributed by atoms with Crippen LogP contribution in [-0.4, -0.2) is 14.9 Å². The first-order valence-corrected chi connectivity index (χ1v) is 5.95. The third kappa shape index (κ3) is 4.37. The molecule has 0 aliphatic heterocycles. The lowest BCUT2D eigenvalue weighted by Gasteiger charge is -2.04. The number of halogens is 4. The maximum absolute atomic E-state index is 12.6. The van der Waals surface area contributed by atoms with Crippen LogP contribution < -0.4 is 5.32 Å². The van der Waals surface area contributed by atoms with Gasteiger partial charge in [0.2, 0.25) is 0 Å². The number of aromatic hydroxyl groups is 1. The Balaban J connectivity index is 0.00000220. The van der Waals surface area contributed by atoms with Gasteiger partial charge in [0.1, 0.15) is 11.4 Å². The Morgan fingerprint density at radius 2 is 1.90 bits per heavy atom. The average Bonchev–Trinajstić information content (AvgIpc) is 2.73. The summed E-state index contributed by atoms with van der Waals surface area (Å²) in [5, 5.41) is 16.3. The van der Waals surface area contributed by atoms with Gasteiger partial charge < -0.3 is 10.4 Å². The van der Waals surface area contributed by atoms with Gasteiger partial charge in [-0.15, -0.1) is 12.4 Å². The molecule has 1 aromatic carbocycles. The Morgan fingerprint density at radius 3 is 2.48 bits per heavy atom. The van der Waals surface area contributed by atoms with Crippen LogP contribution >= 0.6 is 12.4 Å². The number of aryl methyl sites for hydroxylation is 1. The Morgan fingerprint density at radius 1 is 1.24 bits per heavy atom. The molecule has 0 unspecified atom stereocenters. The predicted octanol–water partition coefficient (Wildman–Crippen LogP) is 2.86. The molecule has 116 valence electrons. The first-order valence-electron chi connectivity index (χ1n) is 5.95. The van der Waals surface area contributed by atoms with Crippen molar-refractivity contribution in [2.45, 2.75) is 19.3 Å². The number of para-hydroxylation sites is 1. The molecule has 0 atom stereocenters. The minimum absolute atomic E-state index is 0. The summed E-state index contributed by atoms with van der Waals surface area (Å²) in [6.45, 7) is 0.544. The van der Waals surface area contributed by atoms with E-state index in [1.807, 2.05) is 0 Å². The molecule has 0 fully saturated rings. The monoisotopic (exact) mass is 321 g/mol. The number of rotatable bonds is 4. The lowest BCUT2D eigenvalue weighted by atomic mass is 10.2. The minimum Gasteiger partial charge on any atom is -0.508 e. The number of phenols is 1. The molecule has 2 rings (SSSR count). The van der Waals surface area contributed by atoms with E-state index in [0.29, 0.717) is 17.8 Å². The fourth-order valence-electron chi connectivity index (χ4n) is 1.86. The third-order valence-corrected chi connectivity index (χ3v) is 2.83. The molecular formula is C13H15ClF3N3O. The largest absolute Gasteiger partial charge is 0.508 e. The molecule has 0 aliphatic carbocycles. The van der Waals surface area contributed by atoms with Gasteiger partial charge in [0, 0.05) is 25.7 Å². The second-order valence-electron chi connectivity index (χ2n) is 4.37. The van der Waals surface area contributed by atoms with Crippen LogP contribution in [0.1, 0.15) is 17.0 Å². The van der Waals surface area contributed by atoms with Crippen LogP contribution in [-0.2, 0) is 26.3 Å². The number of phenolic OH excluding ortho intramolecular Hbond substituents is 1. The summed E-state index contributed by atoms with van der Waals surface area (Å²) in [5.74, 6) is 0.150. The Labute approximate surface area is 126 Å². The molecule has 2 N–H and O–H groups in total. The van der Waals surface area contributed by atoms with Crippen molar-refractivity contribution in [3.63, 3.8) is 0 Å². The SMILES string of the molecule is Cl.Cn1nc(CNCc2ccccc2O)cc1C(F)(F)F. The molecule has 0 spiro atoms. The van der Waals surface area contributed by atoms with Crippen molar-refractivity contribution >= 4 is 12.4 Å². The number of nitrogens with zero attached hydrogens (tertiary/aromatic N) is 2. The summed E-state index contributed by atoms with van der Waals surface area (Å²) in [6, 6.07) is 7.78. The van der Waals surface area contributed by atoms with E-state index in [1.165, 1.54) is 7.05 Å². The smallest absolute Gasteiger partial charge is 0.433 e. The van der Waals surface area contributed by atoms with E-state index in [2.05, 4.69) is 10.4 Å². The molecule has 8 heteroatoms. The Kier molecular flexibility index (Phi) is 5.62. The van der Waals surface area contributed by atoms with Crippen LogP contribution in [0, 0.1) is 0 Å². The normalized spacial score (nSPS) is 11.2. The van der Waals surface area contributed by atoms with E-state index < -0.39 is 11.9 Å². The van der Waals surface area contributed by atoms with Crippen molar-refractivity contribution in [2.24, 2.45) is 7.05 Å². The molecule has 0 aliphatic rings. The lowest BCUT2D eigenvalue weighted by molar-refractivity contribution is -0.143. The molecule has 0 bridgehead atoms. The molecule has 0 saturated heterocycles. The van der Waals surface area contributed by atoms with Crippen LogP contribution in [0.5, 0.6) is 5.75 Å². The first-order chi connectivity index (χ1) is 9.38. The quantitative estimate of drug-likeness (QED) is 0.910. The highest BCUT2D eigenvalue weighted by Crippen LogP contribution is 2.29. The Hall–Kier alpha value is -1.73. The number of hydrogen-bond donors (Lipinski definition) is 2. The zero-order valence-corrected chi connectivity index (χ0v) is 12.0. The maximum atomic E-state index is 12.6. The highest BCUT2D eigenvalue weighted by molar-refractivity contribution is 5.85. The van der Waals surface area contributed by atoms with Crippen molar-refractivity contribution in [1.82, 2.24) is 15.1 Å². The van der Waals surface area contributed by atoms with Crippen molar-refractivity contribution in [3.05, 3.63) is 47.3 Å². The summed E-state index contributed by atoms with van der Waals surface area (Å²) < 4.78 is 38.6. The minimum atomic E-state index is -4.41. The van der Waals surface area contributed by atoms with Crippen LogP contribution in [0.3, 0.4) is 0 Å². The van der Waals surface area contributed by atoms with Gasteiger partial charge in [-0.25, -0.2) is 0 Å². The molecular weight excluding hydrogens is 307 g/mol. The number of aromatic nitrogens is 2. The highest BCUT2D eigenvalue weighted by Gasteiger charge is 2.34. The maximum Gasteiger partial charge on any atom is 0.433 e. The summed E-state index contributed by atoms with van der Waals surface area (Å²) in [5.41, 5.74) is 0.201. The van der Waals surface area contributed by atoms with Crippen LogP contribution in [0.2, 0.25) is 0 Å². The van der Waals surface area contributed by atoms with E-state index in [9.17, 15) is 18.3 Å². The molecule has 2 aromatic rings. The van der Waals surface area contributed by atoms with E-state index >= 15 is 0 Å². The van der Waals surface area contributed by atoms with Gasteiger partial charge in [0.05, 0.1) is 5.69 Å².